The van der Waals surface area contributed by atoms with Crippen molar-refractivity contribution in [2.45, 2.75) is 0 Å². The molecule has 0 aliphatic rings. The fraction of sp³-hybridized carbons (Fsp3) is 0. The van der Waals surface area contributed by atoms with Crippen LogP contribution < -0.4 is 0 Å². The Morgan fingerprint density at radius 3 is 0.696 bits per heavy atom. The molecule has 22 rings (SSSR count). The van der Waals surface area contributed by atoms with Gasteiger partial charge in [0.1, 0.15) is 0 Å². The van der Waals surface area contributed by atoms with Crippen molar-refractivity contribution >= 4 is 87.2 Å². The Morgan fingerprint density at radius 1 is 0.116 bits per heavy atom. The van der Waals surface area contributed by atoms with Crippen molar-refractivity contribution in [3.8, 4) is 112 Å². The number of benzene rings is 18. The molecule has 0 bridgehead atoms. The molecule has 0 aliphatic carbocycles. The van der Waals surface area contributed by atoms with E-state index in [9.17, 15) is 0 Å². The van der Waals surface area contributed by atoms with Crippen LogP contribution >= 0.6 is 0 Å². The van der Waals surface area contributed by atoms with Crippen LogP contribution in [0.3, 0.4) is 0 Å². The summed E-state index contributed by atoms with van der Waals surface area (Å²) in [5.74, 6) is 0. The van der Waals surface area contributed by atoms with Gasteiger partial charge in [0.25, 0.3) is 0 Å². The maximum absolute atomic E-state index is 2.43. The minimum Gasteiger partial charge on any atom is -0.309 e. The number of nitrogens with zero attached hydrogens (tertiary/aromatic N) is 4. The van der Waals surface area contributed by atoms with E-state index in [-0.39, 0.29) is 0 Å². The van der Waals surface area contributed by atoms with Crippen LogP contribution in [-0.2, 0) is 0 Å². The van der Waals surface area contributed by atoms with Gasteiger partial charge in [0.15, 0.2) is 0 Å². The minimum atomic E-state index is 1.15. The summed E-state index contributed by atoms with van der Waals surface area (Å²) in [6.45, 7) is 0. The summed E-state index contributed by atoms with van der Waals surface area (Å²) in [6.07, 6.45) is 0. The molecule has 0 N–H and O–H groups in total. The van der Waals surface area contributed by atoms with E-state index in [0.29, 0.717) is 0 Å². The maximum Gasteiger partial charge on any atom is 0.0547 e. The summed E-state index contributed by atoms with van der Waals surface area (Å²) in [7, 11) is 0. The summed E-state index contributed by atoms with van der Waals surface area (Å²) in [5.41, 5.74) is 33.6. The second-order valence-corrected chi connectivity index (χ2v) is 29.1. The summed E-state index contributed by atoms with van der Waals surface area (Å²) in [4.78, 5) is 0. The summed E-state index contributed by atoms with van der Waals surface area (Å²) in [5, 5.41) is 9.98. The largest absolute Gasteiger partial charge is 0.309 e. The van der Waals surface area contributed by atoms with Gasteiger partial charge in [-0.25, -0.2) is 0 Å². The molecule has 524 valence electrons. The first kappa shape index (κ1) is 65.5. The van der Waals surface area contributed by atoms with Gasteiger partial charge < -0.3 is 18.3 Å². The normalized spacial score (nSPS) is 11.6. The molecule has 4 aromatic heterocycles. The Hall–Kier alpha value is -14.8. The third-order valence-corrected chi connectivity index (χ3v) is 22.6. The minimum absolute atomic E-state index is 1.15. The quantitative estimate of drug-likeness (QED) is 0.116. The number of fused-ring (bicyclic) bond motifs is 12. The standard InChI is InChI=1S/2C54H36N2/c1-4-15-37(16-5-1)40-21-12-23-44(33-40)55-51-31-29-42(39-19-8-3-9-20-39)35-48(51)49-36-43(30-32-52(49)55)46-26-14-28-53-54(46)47-25-10-11-27-50(47)56(53)45-24-13-22-41(34-45)38-17-6-2-7-18-38;1-3-14-37(15-4-1)39-28-30-40(31-29-39)42-19-12-20-44(35-42)55-50-25-9-7-22-47(50)49-36-43(32-33-52(49)55)46-24-13-27-53-54(46)48-23-8-10-26-51(48)56(53)45-21-11-18-41(34-45)38-16-5-2-6-17-38/h2*1-36H. The molecule has 4 nitrogen and oxygen atoms in total. The Morgan fingerprint density at radius 2 is 0.330 bits per heavy atom. The van der Waals surface area contributed by atoms with Gasteiger partial charge in [-0.1, -0.05) is 322 Å². The Kier molecular flexibility index (Phi) is 16.2. The first-order valence-corrected chi connectivity index (χ1v) is 38.5. The van der Waals surface area contributed by atoms with Crippen molar-refractivity contribution in [1.29, 1.82) is 0 Å². The zero-order chi connectivity index (χ0) is 74.0. The molecule has 0 saturated carbocycles. The Labute approximate surface area is 649 Å². The first-order valence-electron chi connectivity index (χ1n) is 38.5. The van der Waals surface area contributed by atoms with E-state index in [1.165, 1.54) is 176 Å². The van der Waals surface area contributed by atoms with Crippen molar-refractivity contribution in [2.24, 2.45) is 0 Å². The van der Waals surface area contributed by atoms with Crippen LogP contribution in [-0.4, -0.2) is 18.3 Å². The van der Waals surface area contributed by atoms with E-state index < -0.39 is 0 Å². The first-order chi connectivity index (χ1) is 55.6. The van der Waals surface area contributed by atoms with E-state index in [2.05, 4.69) is 455 Å². The molecule has 112 heavy (non-hydrogen) atoms. The molecule has 4 heteroatoms. The van der Waals surface area contributed by atoms with Crippen LogP contribution in [0.15, 0.2) is 437 Å². The van der Waals surface area contributed by atoms with Crippen molar-refractivity contribution in [3.63, 3.8) is 0 Å². The Bertz CT molecular complexity index is 7330. The van der Waals surface area contributed by atoms with Gasteiger partial charge in [0.2, 0.25) is 0 Å². The molecule has 0 unspecified atom stereocenters. The van der Waals surface area contributed by atoms with E-state index in [4.69, 9.17) is 0 Å². The average Bonchev–Trinajstić information content (AvgIpc) is 1.58. The lowest BCUT2D eigenvalue weighted by molar-refractivity contribution is 1.18. The molecule has 0 radical (unpaired) electrons. The van der Waals surface area contributed by atoms with Gasteiger partial charge in [0.05, 0.1) is 44.1 Å². The van der Waals surface area contributed by atoms with Gasteiger partial charge in [-0.15, -0.1) is 0 Å². The molecule has 0 amide bonds. The highest BCUT2D eigenvalue weighted by molar-refractivity contribution is 6.20. The van der Waals surface area contributed by atoms with Crippen molar-refractivity contribution in [1.82, 2.24) is 18.3 Å². The molecule has 0 atom stereocenters. The second-order valence-electron chi connectivity index (χ2n) is 29.1. The van der Waals surface area contributed by atoms with Gasteiger partial charge in [0, 0.05) is 65.8 Å². The third kappa shape index (κ3) is 11.5. The zero-order valence-corrected chi connectivity index (χ0v) is 61.4. The lowest BCUT2D eigenvalue weighted by Crippen LogP contribution is -1.95. The highest BCUT2D eigenvalue weighted by Gasteiger charge is 2.23. The molecular weight excluding hydrogens is 1350 g/mol. The van der Waals surface area contributed by atoms with Crippen LogP contribution in [0.25, 0.3) is 199 Å². The summed E-state index contributed by atoms with van der Waals surface area (Å²) in [6, 6.07) is 159. The van der Waals surface area contributed by atoms with Crippen molar-refractivity contribution < 1.29 is 0 Å². The van der Waals surface area contributed by atoms with Crippen LogP contribution in [0, 0.1) is 0 Å². The van der Waals surface area contributed by atoms with E-state index in [0.717, 1.165) is 22.7 Å². The number of rotatable bonds is 12. The van der Waals surface area contributed by atoms with Gasteiger partial charge in [-0.05, 0) is 204 Å². The fourth-order valence-electron chi connectivity index (χ4n) is 17.4. The molecular formula is C108H72N4. The number of aromatic nitrogens is 4. The molecule has 0 fully saturated rings. The highest BCUT2D eigenvalue weighted by Crippen LogP contribution is 2.46. The molecule has 18 aromatic carbocycles. The second kappa shape index (κ2) is 27.7. The van der Waals surface area contributed by atoms with Crippen molar-refractivity contribution in [3.05, 3.63) is 437 Å². The van der Waals surface area contributed by atoms with Gasteiger partial charge in [-0.3, -0.25) is 0 Å². The van der Waals surface area contributed by atoms with E-state index in [1.807, 2.05) is 0 Å². The third-order valence-electron chi connectivity index (χ3n) is 22.6. The van der Waals surface area contributed by atoms with Crippen LogP contribution in [0.2, 0.25) is 0 Å². The van der Waals surface area contributed by atoms with E-state index in [1.54, 1.807) is 0 Å². The molecule has 22 aromatic rings. The highest BCUT2D eigenvalue weighted by atomic mass is 15.0. The van der Waals surface area contributed by atoms with Crippen LogP contribution in [0.5, 0.6) is 0 Å². The van der Waals surface area contributed by atoms with Gasteiger partial charge >= 0.3 is 0 Å². The average molecular weight is 1430 g/mol. The topological polar surface area (TPSA) is 19.7 Å². The molecule has 4 heterocycles. The lowest BCUT2D eigenvalue weighted by atomic mass is 9.97. The predicted molar refractivity (Wildman–Crippen MR) is 474 cm³/mol. The van der Waals surface area contributed by atoms with Crippen LogP contribution in [0.1, 0.15) is 0 Å². The SMILES string of the molecule is c1ccc(-c2ccc(-c3cccc(-n4c5ccccc5c5cc(-c6cccc7c6c6ccccc6n7-c6cccc(-c7ccccc7)c6)ccc54)c3)cc2)cc1.c1ccc(-c2cccc(-n3c4ccc(-c5ccccc5)cc4c4cc(-c5cccc6c5c5ccccc5n6-c5cccc(-c6ccccc6)c5)ccc43)c2)cc1. The number of para-hydroxylation sites is 3. The predicted octanol–water partition coefficient (Wildman–Crippen LogP) is 29.1. The number of hydrogen-bond donors (Lipinski definition) is 0. The molecule has 0 saturated heterocycles. The van der Waals surface area contributed by atoms with Crippen LogP contribution in [0.4, 0.5) is 0 Å². The Balaban J connectivity index is 0.000000141. The smallest absolute Gasteiger partial charge is 0.0547 e. The zero-order valence-electron chi connectivity index (χ0n) is 61.4. The monoisotopic (exact) mass is 1420 g/mol. The number of hydrogen-bond acceptors (Lipinski definition) is 0. The van der Waals surface area contributed by atoms with E-state index >= 15 is 0 Å². The fourth-order valence-corrected chi connectivity index (χ4v) is 17.4. The summed E-state index contributed by atoms with van der Waals surface area (Å²) < 4.78 is 9.70. The lowest BCUT2D eigenvalue weighted by Gasteiger charge is -2.12. The summed E-state index contributed by atoms with van der Waals surface area (Å²) >= 11 is 0. The molecule has 0 spiro atoms. The van der Waals surface area contributed by atoms with Crippen molar-refractivity contribution in [2.75, 3.05) is 0 Å². The molecule has 0 aliphatic heterocycles. The maximum atomic E-state index is 2.43. The van der Waals surface area contributed by atoms with Gasteiger partial charge in [-0.2, -0.15) is 0 Å².